The third kappa shape index (κ3) is 3.48. The van der Waals surface area contributed by atoms with E-state index in [-0.39, 0.29) is 17.0 Å². The molecule has 2 aliphatic rings. The number of carbonyl (C=O) groups excluding carboxylic acids is 1. The molecular formula is C21H18FN5OS2. The fourth-order valence-electron chi connectivity index (χ4n) is 3.91. The van der Waals surface area contributed by atoms with Crippen LogP contribution in [0.1, 0.15) is 15.2 Å². The highest BCUT2D eigenvalue weighted by Gasteiger charge is 2.53. The van der Waals surface area contributed by atoms with Crippen LogP contribution in [0.3, 0.4) is 0 Å². The van der Waals surface area contributed by atoms with E-state index in [1.165, 1.54) is 17.8 Å². The quantitative estimate of drug-likeness (QED) is 0.676. The maximum absolute atomic E-state index is 14.0. The summed E-state index contributed by atoms with van der Waals surface area (Å²) in [6.45, 7) is 1.88. The number of nitrogens with one attached hydrogen (secondary N) is 1. The van der Waals surface area contributed by atoms with Gasteiger partial charge in [0, 0.05) is 48.4 Å². The second kappa shape index (κ2) is 7.81. The fraction of sp³-hybridized carbons (Fsp3) is 0.238. The summed E-state index contributed by atoms with van der Waals surface area (Å²) >= 11 is 2.66. The lowest BCUT2D eigenvalue weighted by atomic mass is 9.93. The van der Waals surface area contributed by atoms with Crippen LogP contribution in [0, 0.1) is 11.0 Å². The smallest absolute Gasteiger partial charge is 0.257 e. The number of aromatic nitrogens is 2. The molecule has 5 rings (SSSR count). The lowest BCUT2D eigenvalue weighted by Gasteiger charge is -2.35. The normalized spacial score (nSPS) is 23.0. The number of carbonyl (C=O) groups is 1. The first kappa shape index (κ1) is 19.2. The Labute approximate surface area is 181 Å². The lowest BCUT2D eigenvalue weighted by Crippen LogP contribution is -2.42. The van der Waals surface area contributed by atoms with Crippen LogP contribution in [0.4, 0.5) is 10.3 Å². The SMILES string of the molecule is O=C(NC1=NC[C@H]2CN(c3ncccn3)C[C@]2(c2ccc(F)s2)S1)c1ccccc1. The van der Waals surface area contributed by atoms with Gasteiger partial charge in [-0.2, -0.15) is 4.39 Å². The van der Waals surface area contributed by atoms with Crippen LogP contribution >= 0.6 is 23.1 Å². The molecule has 30 heavy (non-hydrogen) atoms. The maximum Gasteiger partial charge on any atom is 0.257 e. The van der Waals surface area contributed by atoms with Gasteiger partial charge in [0.2, 0.25) is 5.95 Å². The van der Waals surface area contributed by atoms with Crippen LogP contribution in [0.25, 0.3) is 0 Å². The number of amidine groups is 1. The molecule has 1 aromatic carbocycles. The highest BCUT2D eigenvalue weighted by Crippen LogP contribution is 2.52. The molecular weight excluding hydrogens is 421 g/mol. The van der Waals surface area contributed by atoms with Gasteiger partial charge in [-0.1, -0.05) is 30.0 Å². The number of benzene rings is 1. The Morgan fingerprint density at radius 3 is 2.67 bits per heavy atom. The number of aliphatic imine (C=N–C) groups is 1. The van der Waals surface area contributed by atoms with Crippen LogP contribution in [-0.4, -0.2) is 40.7 Å². The predicted octanol–water partition coefficient (Wildman–Crippen LogP) is 3.54. The van der Waals surface area contributed by atoms with Gasteiger partial charge in [0.05, 0.1) is 4.75 Å². The van der Waals surface area contributed by atoms with Crippen molar-refractivity contribution in [2.45, 2.75) is 4.75 Å². The molecule has 0 spiro atoms. The molecule has 1 N–H and O–H groups in total. The fourth-order valence-corrected chi connectivity index (χ4v) is 6.38. The van der Waals surface area contributed by atoms with Gasteiger partial charge in [-0.3, -0.25) is 9.79 Å². The third-order valence-corrected chi connectivity index (χ3v) is 7.99. The lowest BCUT2D eigenvalue weighted by molar-refractivity contribution is 0.0977. The summed E-state index contributed by atoms with van der Waals surface area (Å²) in [5.41, 5.74) is 0.574. The van der Waals surface area contributed by atoms with Crippen molar-refractivity contribution in [1.82, 2.24) is 15.3 Å². The number of thioether (sulfide) groups is 1. The number of amides is 1. The molecule has 0 unspecified atom stereocenters. The number of anilines is 1. The van der Waals surface area contributed by atoms with E-state index in [4.69, 9.17) is 0 Å². The van der Waals surface area contributed by atoms with E-state index in [1.54, 1.807) is 30.6 Å². The highest BCUT2D eigenvalue weighted by molar-refractivity contribution is 8.14. The van der Waals surface area contributed by atoms with Gasteiger partial charge in [0.1, 0.15) is 0 Å². The summed E-state index contributed by atoms with van der Waals surface area (Å²) in [5.74, 6) is 0.606. The van der Waals surface area contributed by atoms with Crippen molar-refractivity contribution in [2.75, 3.05) is 24.5 Å². The van der Waals surface area contributed by atoms with Crippen molar-refractivity contribution >= 4 is 40.1 Å². The molecule has 0 bridgehead atoms. The van der Waals surface area contributed by atoms with Crippen LogP contribution < -0.4 is 10.2 Å². The highest BCUT2D eigenvalue weighted by atomic mass is 32.2. The minimum atomic E-state index is -0.421. The minimum absolute atomic E-state index is 0.154. The Morgan fingerprint density at radius 2 is 1.93 bits per heavy atom. The summed E-state index contributed by atoms with van der Waals surface area (Å²) in [4.78, 5) is 29.1. The number of halogens is 1. The first-order valence-corrected chi connectivity index (χ1v) is 11.1. The zero-order chi connectivity index (χ0) is 20.6. The maximum atomic E-state index is 14.0. The number of rotatable bonds is 3. The Hall–Kier alpha value is -2.78. The summed E-state index contributed by atoms with van der Waals surface area (Å²) in [5, 5.41) is 3.28. The predicted molar refractivity (Wildman–Crippen MR) is 117 cm³/mol. The van der Waals surface area contributed by atoms with Crippen molar-refractivity contribution < 1.29 is 9.18 Å². The molecule has 2 aliphatic heterocycles. The topological polar surface area (TPSA) is 70.5 Å². The van der Waals surface area contributed by atoms with Gasteiger partial charge in [-0.15, -0.1) is 11.3 Å². The van der Waals surface area contributed by atoms with Crippen LogP contribution in [0.15, 0.2) is 65.9 Å². The zero-order valence-corrected chi connectivity index (χ0v) is 17.5. The largest absolute Gasteiger partial charge is 0.339 e. The summed E-state index contributed by atoms with van der Waals surface area (Å²) in [6, 6.07) is 14.2. The number of hydrogen-bond donors (Lipinski definition) is 1. The van der Waals surface area contributed by atoms with E-state index in [0.29, 0.717) is 29.8 Å². The first-order chi connectivity index (χ1) is 14.6. The van der Waals surface area contributed by atoms with Crippen molar-refractivity contribution in [3.8, 4) is 0 Å². The number of fused-ring (bicyclic) bond motifs is 1. The minimum Gasteiger partial charge on any atom is -0.339 e. The van der Waals surface area contributed by atoms with E-state index in [9.17, 15) is 9.18 Å². The molecule has 1 saturated heterocycles. The number of thiophene rings is 1. The molecule has 0 saturated carbocycles. The van der Waals surface area contributed by atoms with Gasteiger partial charge in [0.15, 0.2) is 10.3 Å². The molecule has 2 aromatic heterocycles. The van der Waals surface area contributed by atoms with E-state index in [1.807, 2.05) is 24.3 Å². The second-order valence-corrected chi connectivity index (χ2v) is 9.54. The van der Waals surface area contributed by atoms with Crippen molar-refractivity contribution in [1.29, 1.82) is 0 Å². The summed E-state index contributed by atoms with van der Waals surface area (Å²) < 4.78 is 13.5. The van der Waals surface area contributed by atoms with Crippen LogP contribution in [-0.2, 0) is 4.75 Å². The monoisotopic (exact) mass is 439 g/mol. The molecule has 0 radical (unpaired) electrons. The third-order valence-electron chi connectivity index (χ3n) is 5.34. The summed E-state index contributed by atoms with van der Waals surface area (Å²) in [6.07, 6.45) is 3.44. The molecule has 9 heteroatoms. The summed E-state index contributed by atoms with van der Waals surface area (Å²) in [7, 11) is 0. The standard InChI is InChI=1S/C21H18FN5OS2/c22-17-8-7-16(29-17)21-13-27(19-23-9-4-10-24-19)12-15(21)11-25-20(30-21)26-18(28)14-5-2-1-3-6-14/h1-10,15H,11-13H2,(H,25,26,28)/t15-,21-/m0/s1. The number of nitrogens with zero attached hydrogens (tertiary/aromatic N) is 4. The average molecular weight is 440 g/mol. The second-order valence-electron chi connectivity index (χ2n) is 7.19. The Kier molecular flexibility index (Phi) is 5.00. The van der Waals surface area contributed by atoms with Crippen molar-refractivity contribution in [3.63, 3.8) is 0 Å². The molecule has 3 aromatic rings. The van der Waals surface area contributed by atoms with E-state index < -0.39 is 4.75 Å². The van der Waals surface area contributed by atoms with E-state index in [2.05, 4.69) is 25.2 Å². The van der Waals surface area contributed by atoms with E-state index >= 15 is 0 Å². The molecule has 4 heterocycles. The Morgan fingerprint density at radius 1 is 1.13 bits per heavy atom. The molecule has 0 aliphatic carbocycles. The molecule has 1 amide bonds. The van der Waals surface area contributed by atoms with Gasteiger partial charge in [0.25, 0.3) is 5.91 Å². The van der Waals surface area contributed by atoms with Crippen molar-refractivity contribution in [3.05, 3.63) is 76.5 Å². The van der Waals surface area contributed by atoms with Crippen LogP contribution in [0.5, 0.6) is 0 Å². The Balaban J connectivity index is 1.44. The van der Waals surface area contributed by atoms with Gasteiger partial charge in [-0.25, -0.2) is 9.97 Å². The van der Waals surface area contributed by atoms with E-state index in [0.717, 1.165) is 22.8 Å². The molecule has 6 nitrogen and oxygen atoms in total. The molecule has 1 fully saturated rings. The van der Waals surface area contributed by atoms with Gasteiger partial charge >= 0.3 is 0 Å². The van der Waals surface area contributed by atoms with Crippen molar-refractivity contribution in [2.24, 2.45) is 10.9 Å². The average Bonchev–Trinajstić information content (AvgIpc) is 3.39. The molecule has 2 atom stereocenters. The number of hydrogen-bond acceptors (Lipinski definition) is 7. The van der Waals surface area contributed by atoms with Gasteiger partial charge in [-0.05, 0) is 30.3 Å². The first-order valence-electron chi connectivity index (χ1n) is 9.52. The van der Waals surface area contributed by atoms with Gasteiger partial charge < -0.3 is 10.2 Å². The van der Waals surface area contributed by atoms with Crippen LogP contribution in [0.2, 0.25) is 0 Å². The zero-order valence-electron chi connectivity index (χ0n) is 15.9. The molecule has 152 valence electrons. The Bertz CT molecular complexity index is 1090.